The van der Waals surface area contributed by atoms with E-state index in [9.17, 15) is 19.8 Å². The summed E-state index contributed by atoms with van der Waals surface area (Å²) in [5, 5.41) is 20.6. The Balaban J connectivity index is -0.000000926. The molecule has 0 aliphatic rings. The first-order chi connectivity index (χ1) is 25.5. The summed E-state index contributed by atoms with van der Waals surface area (Å²) in [7, 11) is 0. The summed E-state index contributed by atoms with van der Waals surface area (Å²) in [5.74, 6) is -1.80. The first-order valence-corrected chi connectivity index (χ1v) is 23.9. The quantitative estimate of drug-likeness (QED) is 0.0454. The van der Waals surface area contributed by atoms with Crippen LogP contribution in [0.15, 0.2) is 0 Å². The molecule has 0 amide bonds. The molecule has 53 heavy (non-hydrogen) atoms. The zero-order valence-corrected chi connectivity index (χ0v) is 39.4. The molecule has 0 saturated heterocycles. The van der Waals surface area contributed by atoms with E-state index in [0.717, 1.165) is 25.7 Å². The minimum absolute atomic E-state index is 0. The van der Waals surface area contributed by atoms with Gasteiger partial charge < -0.3 is 19.8 Å². The summed E-state index contributed by atoms with van der Waals surface area (Å²) in [6.07, 6.45) is 57.4. The number of rotatable bonds is 44. The van der Waals surface area contributed by atoms with E-state index in [0.29, 0.717) is 0 Å². The van der Waals surface area contributed by atoms with Crippen LogP contribution in [0, 0.1) is 0 Å². The predicted octanol–water partition coefficient (Wildman–Crippen LogP) is 14.7. The summed E-state index contributed by atoms with van der Waals surface area (Å²) in [6, 6.07) is 0. The first-order valence-electron chi connectivity index (χ1n) is 23.9. The van der Waals surface area contributed by atoms with E-state index < -0.39 is 11.9 Å². The summed E-state index contributed by atoms with van der Waals surface area (Å²) in [4.78, 5) is 20.6. The number of hydrogen-bond donors (Lipinski definition) is 0. The zero-order valence-electron chi connectivity index (χ0n) is 36.5. The largest absolute Gasteiger partial charge is 2.00 e. The van der Waals surface area contributed by atoms with Gasteiger partial charge in [0.2, 0.25) is 0 Å². The molecule has 0 aliphatic heterocycles. The fourth-order valence-corrected chi connectivity index (χ4v) is 7.40. The smallest absolute Gasteiger partial charge is 0.550 e. The Kier molecular flexibility index (Phi) is 57.6. The van der Waals surface area contributed by atoms with Gasteiger partial charge in [0.1, 0.15) is 0 Å². The van der Waals surface area contributed by atoms with Crippen LogP contribution in [0.25, 0.3) is 0 Å². The van der Waals surface area contributed by atoms with Crippen molar-refractivity contribution in [2.45, 2.75) is 296 Å². The molecule has 312 valence electrons. The SMILES string of the molecule is CCCCCCCCCCCCCCCCCCCCCCCC(=O)[O-].CCCCCCCCCCCCCCCCCCCCCCCC(=O)[O-].[Zn+2]. The molecule has 0 spiro atoms. The molecule has 0 bridgehead atoms. The molecular formula is C48H94O4Zn. The van der Waals surface area contributed by atoms with E-state index in [2.05, 4.69) is 13.8 Å². The number of unbranched alkanes of at least 4 members (excludes halogenated alkanes) is 40. The molecule has 0 aromatic rings. The number of carbonyl (C=O) groups excluding carboxylic acids is 2. The van der Waals surface area contributed by atoms with Gasteiger partial charge in [0.05, 0.1) is 0 Å². The van der Waals surface area contributed by atoms with Crippen molar-refractivity contribution in [3.05, 3.63) is 0 Å². The molecule has 0 aromatic carbocycles. The van der Waals surface area contributed by atoms with Gasteiger partial charge in [-0.3, -0.25) is 0 Å². The van der Waals surface area contributed by atoms with Crippen molar-refractivity contribution in [2.75, 3.05) is 0 Å². The predicted molar refractivity (Wildman–Crippen MR) is 225 cm³/mol. The van der Waals surface area contributed by atoms with E-state index in [1.54, 1.807) is 0 Å². The van der Waals surface area contributed by atoms with Crippen LogP contribution < -0.4 is 10.2 Å². The van der Waals surface area contributed by atoms with Gasteiger partial charge >= 0.3 is 19.5 Å². The second-order valence-electron chi connectivity index (χ2n) is 16.4. The van der Waals surface area contributed by atoms with E-state index in [1.807, 2.05) is 0 Å². The monoisotopic (exact) mass is 799 g/mol. The van der Waals surface area contributed by atoms with Gasteiger partial charge in [0.15, 0.2) is 0 Å². The maximum atomic E-state index is 10.3. The molecule has 0 saturated carbocycles. The second-order valence-corrected chi connectivity index (χ2v) is 16.4. The number of carboxylic acid groups (broad SMARTS) is 2. The number of carboxylic acids is 2. The van der Waals surface area contributed by atoms with Crippen LogP contribution in [-0.4, -0.2) is 11.9 Å². The Morgan fingerprint density at radius 2 is 0.358 bits per heavy atom. The molecule has 0 aromatic heterocycles. The zero-order chi connectivity index (χ0) is 38.3. The second kappa shape index (κ2) is 53.7. The summed E-state index contributed by atoms with van der Waals surface area (Å²) in [5.41, 5.74) is 0. The minimum atomic E-state index is -0.900. The van der Waals surface area contributed by atoms with Gasteiger partial charge in [0, 0.05) is 11.9 Å². The number of hydrogen-bond acceptors (Lipinski definition) is 4. The fourth-order valence-electron chi connectivity index (χ4n) is 7.40. The van der Waals surface area contributed by atoms with Gasteiger partial charge in [0.25, 0.3) is 0 Å². The first kappa shape index (κ1) is 56.9. The van der Waals surface area contributed by atoms with Crippen molar-refractivity contribution < 1.29 is 39.3 Å². The number of aliphatic carboxylic acids is 2. The molecule has 0 atom stereocenters. The molecule has 0 fully saturated rings. The minimum Gasteiger partial charge on any atom is -0.550 e. The summed E-state index contributed by atoms with van der Waals surface area (Å²) in [6.45, 7) is 4.57. The van der Waals surface area contributed by atoms with Crippen molar-refractivity contribution in [3.8, 4) is 0 Å². The maximum absolute atomic E-state index is 10.3. The fraction of sp³-hybridized carbons (Fsp3) is 0.958. The third-order valence-corrected chi connectivity index (χ3v) is 11.0. The van der Waals surface area contributed by atoms with Crippen molar-refractivity contribution in [3.63, 3.8) is 0 Å². The summed E-state index contributed by atoms with van der Waals surface area (Å²) < 4.78 is 0. The molecule has 0 N–H and O–H groups in total. The van der Waals surface area contributed by atoms with Crippen LogP contribution in [-0.2, 0) is 29.1 Å². The molecule has 0 unspecified atom stereocenters. The van der Waals surface area contributed by atoms with Gasteiger partial charge in [-0.25, -0.2) is 0 Å². The Labute approximate surface area is 346 Å². The van der Waals surface area contributed by atoms with E-state index in [4.69, 9.17) is 0 Å². The molecule has 0 rings (SSSR count). The third kappa shape index (κ3) is 61.0. The molecular weight excluding hydrogens is 706 g/mol. The standard InChI is InChI=1S/2C24H48O2.Zn/c2*1-2-3-4-5-6-7-8-9-10-11-12-13-14-15-16-17-18-19-20-21-22-23-24(25)26;/h2*2-23H2,1H3,(H,25,26);/q;;+2/p-2. The molecule has 5 heteroatoms. The van der Waals surface area contributed by atoms with Crippen molar-refractivity contribution >= 4 is 11.9 Å². The Morgan fingerprint density at radius 3 is 0.472 bits per heavy atom. The van der Waals surface area contributed by atoms with Crippen molar-refractivity contribution in [1.29, 1.82) is 0 Å². The Morgan fingerprint density at radius 1 is 0.245 bits per heavy atom. The average molecular weight is 801 g/mol. The van der Waals surface area contributed by atoms with Crippen molar-refractivity contribution in [1.82, 2.24) is 0 Å². The van der Waals surface area contributed by atoms with Gasteiger partial charge in [-0.05, 0) is 25.7 Å². The van der Waals surface area contributed by atoms with Gasteiger partial charge in [-0.1, -0.05) is 271 Å². The molecule has 0 radical (unpaired) electrons. The summed E-state index contributed by atoms with van der Waals surface area (Å²) >= 11 is 0. The number of carbonyl (C=O) groups is 2. The van der Waals surface area contributed by atoms with E-state index >= 15 is 0 Å². The molecule has 0 aliphatic carbocycles. The molecule has 0 heterocycles. The molecule has 4 nitrogen and oxygen atoms in total. The van der Waals surface area contributed by atoms with Crippen LogP contribution in [0.2, 0.25) is 0 Å². The van der Waals surface area contributed by atoms with Gasteiger partial charge in [-0.2, -0.15) is 0 Å². The van der Waals surface area contributed by atoms with Crippen LogP contribution >= 0.6 is 0 Å². The van der Waals surface area contributed by atoms with Crippen LogP contribution in [0.3, 0.4) is 0 Å². The average Bonchev–Trinajstić information content (AvgIpc) is 3.13. The Hall–Kier alpha value is -0.437. The van der Waals surface area contributed by atoms with E-state index in [-0.39, 0.29) is 32.3 Å². The van der Waals surface area contributed by atoms with Gasteiger partial charge in [-0.15, -0.1) is 0 Å². The van der Waals surface area contributed by atoms with Crippen LogP contribution in [0.4, 0.5) is 0 Å². The van der Waals surface area contributed by atoms with E-state index in [1.165, 1.54) is 244 Å². The Bertz CT molecular complexity index is 614. The normalized spacial score (nSPS) is 10.9. The maximum Gasteiger partial charge on any atom is 2.00 e. The van der Waals surface area contributed by atoms with Crippen LogP contribution in [0.5, 0.6) is 0 Å². The third-order valence-electron chi connectivity index (χ3n) is 11.0. The topological polar surface area (TPSA) is 80.3 Å². The van der Waals surface area contributed by atoms with Crippen molar-refractivity contribution in [2.24, 2.45) is 0 Å². The van der Waals surface area contributed by atoms with Crippen LogP contribution in [0.1, 0.15) is 296 Å².